The lowest BCUT2D eigenvalue weighted by molar-refractivity contribution is -0.117. The van der Waals surface area contributed by atoms with Crippen LogP contribution in [0.2, 0.25) is 0 Å². The molecule has 0 aliphatic heterocycles. The van der Waals surface area contributed by atoms with Gasteiger partial charge in [0.25, 0.3) is 11.8 Å². The molecule has 2 aromatic rings. The third-order valence-electron chi connectivity index (χ3n) is 4.02. The van der Waals surface area contributed by atoms with Crippen molar-refractivity contribution < 1.29 is 14.3 Å². The Morgan fingerprint density at radius 2 is 1.71 bits per heavy atom. The van der Waals surface area contributed by atoms with Gasteiger partial charge in [0.05, 0.1) is 7.11 Å². The van der Waals surface area contributed by atoms with Crippen molar-refractivity contribution in [3.8, 4) is 5.75 Å². The Morgan fingerprint density at radius 3 is 2.32 bits per heavy atom. The maximum Gasteiger partial charge on any atom is 0.267 e. The minimum Gasteiger partial charge on any atom is -0.497 e. The van der Waals surface area contributed by atoms with Gasteiger partial charge in [-0.25, -0.2) is 0 Å². The molecule has 0 fully saturated rings. The van der Waals surface area contributed by atoms with E-state index in [9.17, 15) is 9.59 Å². The van der Waals surface area contributed by atoms with Gasteiger partial charge in [0.1, 0.15) is 11.4 Å². The molecule has 0 aliphatic carbocycles. The van der Waals surface area contributed by atoms with E-state index in [1.807, 2.05) is 32.3 Å². The monoisotopic (exact) mass is 381 g/mol. The fraction of sp³-hybridized carbons (Fsp3) is 0.273. The summed E-state index contributed by atoms with van der Waals surface area (Å²) in [5.41, 5.74) is 1.47. The van der Waals surface area contributed by atoms with Gasteiger partial charge in [0.2, 0.25) is 0 Å². The van der Waals surface area contributed by atoms with Crippen molar-refractivity contribution in [3.05, 3.63) is 71.4 Å². The predicted molar refractivity (Wildman–Crippen MR) is 111 cm³/mol. The molecule has 6 nitrogen and oxygen atoms in total. The molecule has 0 saturated heterocycles. The Bertz CT molecular complexity index is 800. The Labute approximate surface area is 166 Å². The molecule has 0 aliphatic rings. The quantitative estimate of drug-likeness (QED) is 0.517. The topological polar surface area (TPSA) is 70.7 Å². The molecule has 28 heavy (non-hydrogen) atoms. The molecule has 2 rings (SSSR count). The van der Waals surface area contributed by atoms with E-state index in [0.29, 0.717) is 12.1 Å². The second-order valence-electron chi connectivity index (χ2n) is 6.56. The van der Waals surface area contributed by atoms with E-state index >= 15 is 0 Å². The maximum atomic E-state index is 12.6. The number of hydrogen-bond acceptors (Lipinski definition) is 4. The predicted octanol–water partition coefficient (Wildman–Crippen LogP) is 2.53. The van der Waals surface area contributed by atoms with Gasteiger partial charge >= 0.3 is 0 Å². The molecule has 0 radical (unpaired) electrons. The van der Waals surface area contributed by atoms with Gasteiger partial charge in [-0.1, -0.05) is 30.3 Å². The number of hydrogen-bond donors (Lipinski definition) is 2. The molecule has 0 unspecified atom stereocenters. The van der Waals surface area contributed by atoms with Crippen molar-refractivity contribution in [1.82, 2.24) is 15.5 Å². The molecule has 0 aromatic heterocycles. The van der Waals surface area contributed by atoms with Crippen LogP contribution in [0.15, 0.2) is 60.3 Å². The van der Waals surface area contributed by atoms with Crippen LogP contribution in [-0.2, 0) is 4.79 Å². The number of amides is 2. The highest BCUT2D eigenvalue weighted by Crippen LogP contribution is 2.14. The molecule has 0 spiro atoms. The second-order valence-corrected chi connectivity index (χ2v) is 6.56. The average molecular weight is 381 g/mol. The fourth-order valence-corrected chi connectivity index (χ4v) is 2.50. The first-order valence-corrected chi connectivity index (χ1v) is 9.14. The minimum atomic E-state index is -0.330. The highest BCUT2D eigenvalue weighted by molar-refractivity contribution is 6.05. The summed E-state index contributed by atoms with van der Waals surface area (Å²) in [7, 11) is 5.56. The summed E-state index contributed by atoms with van der Waals surface area (Å²) in [4.78, 5) is 27.2. The van der Waals surface area contributed by atoms with E-state index in [-0.39, 0.29) is 17.5 Å². The number of benzene rings is 2. The zero-order valence-electron chi connectivity index (χ0n) is 16.6. The zero-order valence-corrected chi connectivity index (χ0v) is 16.6. The van der Waals surface area contributed by atoms with Gasteiger partial charge < -0.3 is 20.3 Å². The fourth-order valence-electron chi connectivity index (χ4n) is 2.50. The first-order chi connectivity index (χ1) is 13.5. The van der Waals surface area contributed by atoms with E-state index in [2.05, 4.69) is 15.5 Å². The van der Waals surface area contributed by atoms with Crippen LogP contribution in [0.25, 0.3) is 6.08 Å². The van der Waals surface area contributed by atoms with E-state index < -0.39 is 0 Å². The Hall–Kier alpha value is -3.12. The van der Waals surface area contributed by atoms with Crippen LogP contribution < -0.4 is 15.4 Å². The van der Waals surface area contributed by atoms with Gasteiger partial charge in [-0.15, -0.1) is 0 Å². The van der Waals surface area contributed by atoms with Crippen molar-refractivity contribution >= 4 is 17.9 Å². The Morgan fingerprint density at radius 1 is 1.04 bits per heavy atom. The van der Waals surface area contributed by atoms with Crippen molar-refractivity contribution in [2.75, 3.05) is 34.3 Å². The molecular formula is C22H27N3O3. The number of carbonyl (C=O) groups excluding carboxylic acids is 2. The summed E-state index contributed by atoms with van der Waals surface area (Å²) >= 11 is 0. The molecule has 2 aromatic carbocycles. The Balaban J connectivity index is 2.15. The van der Waals surface area contributed by atoms with Crippen molar-refractivity contribution in [1.29, 1.82) is 0 Å². The molecule has 2 N–H and O–H groups in total. The molecule has 6 heteroatoms. The van der Waals surface area contributed by atoms with Crippen LogP contribution in [0.4, 0.5) is 0 Å². The van der Waals surface area contributed by atoms with Gasteiger partial charge in [-0.05, 0) is 63.0 Å². The standard InChI is InChI=1S/C22H27N3O3/c1-25(2)15-7-14-23-22(27)20(16-17-10-12-19(28-3)13-11-17)24-21(26)18-8-5-4-6-9-18/h4-6,8-13,16H,7,14-15H2,1-3H3,(H,23,27)(H,24,26). The summed E-state index contributed by atoms with van der Waals surface area (Å²) in [6, 6.07) is 16.1. The number of carbonyl (C=O) groups is 2. The van der Waals surface area contributed by atoms with E-state index in [4.69, 9.17) is 4.74 Å². The minimum absolute atomic E-state index is 0.198. The van der Waals surface area contributed by atoms with Gasteiger partial charge in [0.15, 0.2) is 0 Å². The SMILES string of the molecule is COc1ccc(C=C(NC(=O)c2ccccc2)C(=O)NCCCN(C)C)cc1. The van der Waals surface area contributed by atoms with E-state index in [0.717, 1.165) is 24.3 Å². The average Bonchev–Trinajstić information content (AvgIpc) is 2.71. The van der Waals surface area contributed by atoms with Gasteiger partial charge in [-0.3, -0.25) is 9.59 Å². The van der Waals surface area contributed by atoms with Crippen LogP contribution >= 0.6 is 0 Å². The van der Waals surface area contributed by atoms with Crippen molar-refractivity contribution in [2.45, 2.75) is 6.42 Å². The van der Waals surface area contributed by atoms with Crippen LogP contribution in [-0.4, -0.2) is 51.0 Å². The highest BCUT2D eigenvalue weighted by atomic mass is 16.5. The number of nitrogens with zero attached hydrogens (tertiary/aromatic N) is 1. The number of methoxy groups -OCH3 is 1. The van der Waals surface area contributed by atoms with Crippen LogP contribution in [0.5, 0.6) is 5.75 Å². The lowest BCUT2D eigenvalue weighted by Gasteiger charge is -2.13. The zero-order chi connectivity index (χ0) is 20.4. The molecular weight excluding hydrogens is 354 g/mol. The lowest BCUT2D eigenvalue weighted by atomic mass is 10.1. The number of rotatable bonds is 9. The normalized spacial score (nSPS) is 11.2. The number of nitrogens with one attached hydrogen (secondary N) is 2. The van der Waals surface area contributed by atoms with Crippen LogP contribution in [0.3, 0.4) is 0 Å². The summed E-state index contributed by atoms with van der Waals surface area (Å²) in [6.07, 6.45) is 2.47. The summed E-state index contributed by atoms with van der Waals surface area (Å²) in [6.45, 7) is 1.40. The highest BCUT2D eigenvalue weighted by Gasteiger charge is 2.14. The summed E-state index contributed by atoms with van der Waals surface area (Å²) in [5, 5.41) is 5.59. The molecule has 148 valence electrons. The molecule has 0 saturated carbocycles. The number of ether oxygens (including phenoxy) is 1. The first kappa shape index (κ1) is 21.2. The third-order valence-corrected chi connectivity index (χ3v) is 4.02. The lowest BCUT2D eigenvalue weighted by Crippen LogP contribution is -2.36. The molecule has 0 bridgehead atoms. The summed E-state index contributed by atoms with van der Waals surface area (Å²) < 4.78 is 5.16. The van der Waals surface area contributed by atoms with Gasteiger partial charge in [0, 0.05) is 12.1 Å². The van der Waals surface area contributed by atoms with Crippen LogP contribution in [0, 0.1) is 0 Å². The summed E-state index contributed by atoms with van der Waals surface area (Å²) in [5.74, 6) is 0.0721. The third kappa shape index (κ3) is 6.89. The first-order valence-electron chi connectivity index (χ1n) is 9.14. The molecule has 0 atom stereocenters. The van der Waals surface area contributed by atoms with Crippen LogP contribution in [0.1, 0.15) is 22.3 Å². The maximum absolute atomic E-state index is 12.6. The molecule has 0 heterocycles. The molecule has 2 amide bonds. The largest absolute Gasteiger partial charge is 0.497 e. The van der Waals surface area contributed by atoms with Crippen molar-refractivity contribution in [2.24, 2.45) is 0 Å². The Kier molecular flexibility index (Phi) is 8.24. The van der Waals surface area contributed by atoms with E-state index in [1.165, 1.54) is 0 Å². The van der Waals surface area contributed by atoms with Gasteiger partial charge in [-0.2, -0.15) is 0 Å². The smallest absolute Gasteiger partial charge is 0.267 e. The van der Waals surface area contributed by atoms with E-state index in [1.54, 1.807) is 49.6 Å². The van der Waals surface area contributed by atoms with Crippen molar-refractivity contribution in [3.63, 3.8) is 0 Å². The second kappa shape index (κ2) is 10.9.